The monoisotopic (exact) mass is 451 g/mol. The van der Waals surface area contributed by atoms with Crippen LogP contribution in [0.3, 0.4) is 0 Å². The maximum absolute atomic E-state index is 6.14. The Labute approximate surface area is 192 Å². The van der Waals surface area contributed by atoms with Crippen molar-refractivity contribution >= 4 is 28.7 Å². The molecule has 1 aromatic carbocycles. The molecule has 0 unspecified atom stereocenters. The highest BCUT2D eigenvalue weighted by molar-refractivity contribution is 6.30. The molecule has 3 aromatic heterocycles. The number of halogens is 1. The van der Waals surface area contributed by atoms with Crippen molar-refractivity contribution in [3.05, 3.63) is 58.6 Å². The zero-order chi connectivity index (χ0) is 22.7. The van der Waals surface area contributed by atoms with Gasteiger partial charge < -0.3 is 9.64 Å². The van der Waals surface area contributed by atoms with Crippen molar-refractivity contribution in [2.45, 2.75) is 20.8 Å². The lowest BCUT2D eigenvalue weighted by Crippen LogP contribution is -2.37. The van der Waals surface area contributed by atoms with Crippen LogP contribution in [0.5, 0.6) is 0 Å². The quantitative estimate of drug-likeness (QED) is 0.456. The average Bonchev–Trinajstić information content (AvgIpc) is 3.26. The minimum Gasteiger partial charge on any atom is -0.378 e. The first-order valence-electron chi connectivity index (χ1n) is 10.5. The van der Waals surface area contributed by atoms with Crippen molar-refractivity contribution < 1.29 is 4.74 Å². The van der Waals surface area contributed by atoms with Gasteiger partial charge in [-0.05, 0) is 44.5 Å². The van der Waals surface area contributed by atoms with Gasteiger partial charge >= 0.3 is 0 Å². The molecule has 166 valence electrons. The van der Waals surface area contributed by atoms with E-state index in [2.05, 4.69) is 15.0 Å². The Morgan fingerprint density at radius 3 is 2.34 bits per heavy atom. The Kier molecular flexibility index (Phi) is 6.62. The predicted molar refractivity (Wildman–Crippen MR) is 126 cm³/mol. The summed E-state index contributed by atoms with van der Waals surface area (Å²) in [5.74, 6) is 0.669. The fraction of sp³-hybridized carbons (Fsp3) is 0.348. The molecule has 1 fully saturated rings. The average molecular weight is 452 g/mol. The SMILES string of the molecule is Cc1cc(Cl)ccc1-c1nc(N2CCOCC2)nc2nc(C)c(C)nc12.Cn1cccn1. The van der Waals surface area contributed by atoms with Crippen LogP contribution in [0.25, 0.3) is 22.4 Å². The number of rotatable bonds is 2. The highest BCUT2D eigenvalue weighted by Crippen LogP contribution is 2.31. The van der Waals surface area contributed by atoms with Crippen LogP contribution in [0.4, 0.5) is 5.95 Å². The van der Waals surface area contributed by atoms with Gasteiger partial charge in [-0.15, -0.1) is 0 Å². The summed E-state index contributed by atoms with van der Waals surface area (Å²) in [4.78, 5) is 21.1. The maximum Gasteiger partial charge on any atom is 0.228 e. The molecule has 0 saturated carbocycles. The summed E-state index contributed by atoms with van der Waals surface area (Å²) in [6, 6.07) is 7.69. The van der Waals surface area contributed by atoms with E-state index in [9.17, 15) is 0 Å². The third kappa shape index (κ3) is 4.87. The molecule has 8 nitrogen and oxygen atoms in total. The second-order valence-corrected chi connectivity index (χ2v) is 8.11. The summed E-state index contributed by atoms with van der Waals surface area (Å²) in [6.07, 6.45) is 3.64. The van der Waals surface area contributed by atoms with Crippen molar-refractivity contribution in [1.29, 1.82) is 0 Å². The molecule has 0 N–H and O–H groups in total. The number of fused-ring (bicyclic) bond motifs is 1. The molecule has 0 bridgehead atoms. The van der Waals surface area contributed by atoms with Crippen molar-refractivity contribution in [3.8, 4) is 11.3 Å². The van der Waals surface area contributed by atoms with E-state index in [1.54, 1.807) is 10.9 Å². The molecule has 0 atom stereocenters. The zero-order valence-corrected chi connectivity index (χ0v) is 19.5. The van der Waals surface area contributed by atoms with E-state index in [-0.39, 0.29) is 0 Å². The molecule has 0 radical (unpaired) electrons. The first kappa shape index (κ1) is 22.1. The maximum atomic E-state index is 6.14. The minimum atomic E-state index is 0.619. The van der Waals surface area contributed by atoms with Crippen LogP contribution >= 0.6 is 11.6 Å². The van der Waals surface area contributed by atoms with Gasteiger partial charge in [0.15, 0.2) is 5.65 Å². The van der Waals surface area contributed by atoms with E-state index in [1.807, 2.05) is 58.3 Å². The molecule has 4 heterocycles. The largest absolute Gasteiger partial charge is 0.378 e. The summed E-state index contributed by atoms with van der Waals surface area (Å²) in [6.45, 7) is 8.82. The minimum absolute atomic E-state index is 0.619. The molecule has 0 spiro atoms. The summed E-state index contributed by atoms with van der Waals surface area (Å²) in [5, 5.41) is 4.54. The fourth-order valence-electron chi connectivity index (χ4n) is 3.43. The molecule has 9 heteroatoms. The van der Waals surface area contributed by atoms with E-state index < -0.39 is 0 Å². The van der Waals surface area contributed by atoms with Crippen LogP contribution in [0, 0.1) is 20.8 Å². The van der Waals surface area contributed by atoms with Crippen molar-refractivity contribution in [2.24, 2.45) is 7.05 Å². The number of aromatic nitrogens is 6. The second kappa shape index (κ2) is 9.58. The second-order valence-electron chi connectivity index (χ2n) is 7.68. The van der Waals surface area contributed by atoms with E-state index in [4.69, 9.17) is 31.3 Å². The smallest absolute Gasteiger partial charge is 0.228 e. The lowest BCUT2D eigenvalue weighted by molar-refractivity contribution is 0.122. The van der Waals surface area contributed by atoms with Gasteiger partial charge in [0.2, 0.25) is 5.95 Å². The Hall–Kier alpha value is -3.10. The van der Waals surface area contributed by atoms with E-state index in [1.165, 1.54) is 0 Å². The first-order valence-corrected chi connectivity index (χ1v) is 10.9. The summed E-state index contributed by atoms with van der Waals surface area (Å²) in [5.41, 5.74) is 5.93. The molecular weight excluding hydrogens is 426 g/mol. The molecule has 0 amide bonds. The predicted octanol–water partition coefficient (Wildman–Crippen LogP) is 3.92. The van der Waals surface area contributed by atoms with Gasteiger partial charge in [0, 0.05) is 43.1 Å². The third-order valence-corrected chi connectivity index (χ3v) is 5.54. The van der Waals surface area contributed by atoms with Gasteiger partial charge in [-0.3, -0.25) is 4.68 Å². The molecule has 0 aliphatic carbocycles. The Bertz CT molecular complexity index is 1220. The van der Waals surface area contributed by atoms with Gasteiger partial charge in [-0.25, -0.2) is 15.0 Å². The molecular formula is C23H26ClN7O. The highest BCUT2D eigenvalue weighted by atomic mass is 35.5. The molecule has 32 heavy (non-hydrogen) atoms. The van der Waals surface area contributed by atoms with Gasteiger partial charge in [0.25, 0.3) is 0 Å². The standard InChI is InChI=1S/C19H20ClN5O.C4H6N2/c1-11-10-14(20)4-5-15(11)16-17-18(22-13(3)12(2)21-17)24-19(23-16)25-6-8-26-9-7-25;1-6-4-2-3-5-6/h4-5,10H,6-9H2,1-3H3;2-4H,1H3. The molecule has 1 saturated heterocycles. The Balaban J connectivity index is 0.000000354. The number of nitrogens with zero attached hydrogens (tertiary/aromatic N) is 7. The van der Waals surface area contributed by atoms with Crippen molar-refractivity contribution in [2.75, 3.05) is 31.2 Å². The summed E-state index contributed by atoms with van der Waals surface area (Å²) < 4.78 is 7.20. The Morgan fingerprint density at radius 2 is 1.72 bits per heavy atom. The number of aryl methyl sites for hydroxylation is 4. The zero-order valence-electron chi connectivity index (χ0n) is 18.7. The number of hydrogen-bond donors (Lipinski definition) is 0. The van der Waals surface area contributed by atoms with Crippen LogP contribution < -0.4 is 4.90 Å². The number of morpholine rings is 1. The highest BCUT2D eigenvalue weighted by Gasteiger charge is 2.20. The summed E-state index contributed by atoms with van der Waals surface area (Å²) in [7, 11) is 1.89. The van der Waals surface area contributed by atoms with Gasteiger partial charge in [-0.2, -0.15) is 10.1 Å². The summed E-state index contributed by atoms with van der Waals surface area (Å²) >= 11 is 6.14. The van der Waals surface area contributed by atoms with E-state index in [0.717, 1.165) is 46.8 Å². The third-order valence-electron chi connectivity index (χ3n) is 5.30. The number of hydrogen-bond acceptors (Lipinski definition) is 7. The van der Waals surface area contributed by atoms with E-state index >= 15 is 0 Å². The number of ether oxygens (including phenoxy) is 1. The number of anilines is 1. The van der Waals surface area contributed by atoms with Crippen LogP contribution in [0.15, 0.2) is 36.7 Å². The van der Waals surface area contributed by atoms with Crippen LogP contribution in [-0.4, -0.2) is 56.0 Å². The van der Waals surface area contributed by atoms with Gasteiger partial charge in [-0.1, -0.05) is 17.7 Å². The molecule has 5 rings (SSSR count). The number of benzene rings is 1. The van der Waals surface area contributed by atoms with Crippen LogP contribution in [0.2, 0.25) is 5.02 Å². The van der Waals surface area contributed by atoms with Crippen molar-refractivity contribution in [1.82, 2.24) is 29.7 Å². The van der Waals surface area contributed by atoms with Gasteiger partial charge in [0.1, 0.15) is 11.2 Å². The normalized spacial score (nSPS) is 13.7. The first-order chi connectivity index (χ1) is 15.4. The fourth-order valence-corrected chi connectivity index (χ4v) is 3.66. The van der Waals surface area contributed by atoms with Crippen molar-refractivity contribution in [3.63, 3.8) is 0 Å². The molecule has 1 aliphatic rings. The molecule has 1 aliphatic heterocycles. The lowest BCUT2D eigenvalue weighted by atomic mass is 10.0. The lowest BCUT2D eigenvalue weighted by Gasteiger charge is -2.27. The van der Waals surface area contributed by atoms with Crippen LogP contribution in [0.1, 0.15) is 17.0 Å². The van der Waals surface area contributed by atoms with Crippen LogP contribution in [-0.2, 0) is 11.8 Å². The molecule has 4 aromatic rings. The topological polar surface area (TPSA) is 81.9 Å². The van der Waals surface area contributed by atoms with E-state index in [0.29, 0.717) is 29.8 Å². The Morgan fingerprint density at radius 1 is 0.969 bits per heavy atom. The van der Waals surface area contributed by atoms with Gasteiger partial charge in [0.05, 0.1) is 24.6 Å².